The summed E-state index contributed by atoms with van der Waals surface area (Å²) in [5.74, 6) is 0.878. The predicted octanol–water partition coefficient (Wildman–Crippen LogP) is 3.49. The summed E-state index contributed by atoms with van der Waals surface area (Å²) in [6.45, 7) is 8.65. The van der Waals surface area contributed by atoms with Crippen LogP contribution >= 0.6 is 11.6 Å². The van der Waals surface area contributed by atoms with E-state index in [0.717, 1.165) is 47.8 Å². The zero-order valence-electron chi connectivity index (χ0n) is 12.5. The van der Waals surface area contributed by atoms with Crippen molar-refractivity contribution >= 4 is 11.6 Å². The Morgan fingerprint density at radius 2 is 1.90 bits per heavy atom. The summed E-state index contributed by atoms with van der Waals surface area (Å²) in [6, 6.07) is 3.97. The summed E-state index contributed by atoms with van der Waals surface area (Å²) in [5.41, 5.74) is 2.11. The molecule has 1 aromatic rings. The van der Waals surface area contributed by atoms with Crippen LogP contribution in [0.5, 0.6) is 5.75 Å². The predicted molar refractivity (Wildman–Crippen MR) is 82.9 cm³/mol. The number of hydrogen-bond donors (Lipinski definition) is 1. The molecule has 2 atom stereocenters. The fraction of sp³-hybridized carbons (Fsp3) is 0.625. The highest BCUT2D eigenvalue weighted by atomic mass is 35.5. The molecule has 1 fully saturated rings. The van der Waals surface area contributed by atoms with Gasteiger partial charge in [-0.3, -0.25) is 0 Å². The first-order valence-electron chi connectivity index (χ1n) is 7.36. The second-order valence-electron chi connectivity index (χ2n) is 5.45. The number of nitrogens with one attached hydrogen (secondary N) is 1. The lowest BCUT2D eigenvalue weighted by Crippen LogP contribution is -2.28. The first-order valence-corrected chi connectivity index (χ1v) is 7.73. The molecule has 0 saturated carbocycles. The Morgan fingerprint density at radius 1 is 1.25 bits per heavy atom. The first kappa shape index (κ1) is 15.6. The van der Waals surface area contributed by atoms with Crippen molar-refractivity contribution in [1.29, 1.82) is 0 Å². The third kappa shape index (κ3) is 4.11. The molecule has 0 amide bonds. The van der Waals surface area contributed by atoms with Crippen molar-refractivity contribution in [3.8, 4) is 5.75 Å². The van der Waals surface area contributed by atoms with Gasteiger partial charge in [0.05, 0.1) is 12.2 Å². The molecule has 0 aliphatic carbocycles. The molecule has 2 rings (SSSR count). The van der Waals surface area contributed by atoms with Crippen molar-refractivity contribution in [1.82, 2.24) is 5.32 Å². The minimum atomic E-state index is 0.204. The van der Waals surface area contributed by atoms with Gasteiger partial charge in [0.25, 0.3) is 0 Å². The summed E-state index contributed by atoms with van der Waals surface area (Å²) < 4.78 is 11.8. The molecule has 3 nitrogen and oxygen atoms in total. The highest BCUT2D eigenvalue weighted by molar-refractivity contribution is 6.32. The van der Waals surface area contributed by atoms with Crippen molar-refractivity contribution in [3.05, 3.63) is 28.3 Å². The average Bonchev–Trinajstić information content (AvgIpc) is 2.88. The molecule has 0 spiro atoms. The Bertz CT molecular complexity index is 427. The van der Waals surface area contributed by atoms with Gasteiger partial charge in [0.1, 0.15) is 12.4 Å². The summed E-state index contributed by atoms with van der Waals surface area (Å²) in [7, 11) is 0. The maximum absolute atomic E-state index is 6.16. The molecule has 0 radical (unpaired) electrons. The molecule has 1 saturated heterocycles. The van der Waals surface area contributed by atoms with E-state index in [1.807, 2.05) is 26.0 Å². The molecule has 112 valence electrons. The normalized spacial score (nSPS) is 22.2. The van der Waals surface area contributed by atoms with Gasteiger partial charge in [0.2, 0.25) is 0 Å². The molecule has 1 aliphatic rings. The van der Waals surface area contributed by atoms with Gasteiger partial charge in [-0.15, -0.1) is 0 Å². The van der Waals surface area contributed by atoms with Crippen LogP contribution in [0.15, 0.2) is 12.1 Å². The molecular weight excluding hydrogens is 274 g/mol. The van der Waals surface area contributed by atoms with Crippen LogP contribution in [0.4, 0.5) is 0 Å². The third-order valence-corrected chi connectivity index (χ3v) is 4.26. The number of aryl methyl sites for hydroxylation is 2. The maximum atomic E-state index is 6.16. The molecule has 1 N–H and O–H groups in total. The highest BCUT2D eigenvalue weighted by Crippen LogP contribution is 2.27. The Labute approximate surface area is 126 Å². The van der Waals surface area contributed by atoms with Crippen LogP contribution in [-0.2, 0) is 4.74 Å². The average molecular weight is 298 g/mol. The van der Waals surface area contributed by atoms with Crippen molar-refractivity contribution in [2.75, 3.05) is 19.7 Å². The number of rotatable bonds is 6. The van der Waals surface area contributed by atoms with Gasteiger partial charge in [-0.1, -0.05) is 18.5 Å². The lowest BCUT2D eigenvalue weighted by Gasteiger charge is -2.16. The number of hydrogen-bond acceptors (Lipinski definition) is 3. The molecule has 1 aromatic carbocycles. The van der Waals surface area contributed by atoms with Crippen LogP contribution in [-0.4, -0.2) is 31.9 Å². The molecular formula is C16H24ClNO2. The van der Waals surface area contributed by atoms with Gasteiger partial charge < -0.3 is 14.8 Å². The molecule has 4 heteroatoms. The number of likely N-dealkylation sites (N-methyl/N-ethyl adjacent to an activating group) is 1. The van der Waals surface area contributed by atoms with Gasteiger partial charge >= 0.3 is 0 Å². The fourth-order valence-corrected chi connectivity index (χ4v) is 2.65. The van der Waals surface area contributed by atoms with Crippen LogP contribution in [0, 0.1) is 13.8 Å². The summed E-state index contributed by atoms with van der Waals surface area (Å²) in [5, 5.41) is 4.14. The molecule has 2 unspecified atom stereocenters. The van der Waals surface area contributed by atoms with Gasteiger partial charge in [-0.2, -0.15) is 0 Å². The minimum absolute atomic E-state index is 0.204. The minimum Gasteiger partial charge on any atom is -0.491 e. The highest BCUT2D eigenvalue weighted by Gasteiger charge is 2.25. The van der Waals surface area contributed by atoms with Crippen molar-refractivity contribution in [2.24, 2.45) is 0 Å². The van der Waals surface area contributed by atoms with Crippen LogP contribution in [0.2, 0.25) is 5.02 Å². The van der Waals surface area contributed by atoms with E-state index in [1.165, 1.54) is 0 Å². The van der Waals surface area contributed by atoms with E-state index in [-0.39, 0.29) is 6.10 Å². The lowest BCUT2D eigenvalue weighted by atomic mass is 10.1. The van der Waals surface area contributed by atoms with E-state index in [0.29, 0.717) is 12.7 Å². The van der Waals surface area contributed by atoms with E-state index >= 15 is 0 Å². The molecule has 0 bridgehead atoms. The Balaban J connectivity index is 1.81. The van der Waals surface area contributed by atoms with E-state index < -0.39 is 0 Å². The monoisotopic (exact) mass is 297 g/mol. The van der Waals surface area contributed by atoms with Crippen molar-refractivity contribution < 1.29 is 9.47 Å². The molecule has 1 heterocycles. The third-order valence-electron chi connectivity index (χ3n) is 3.66. The van der Waals surface area contributed by atoms with E-state index in [1.54, 1.807) is 0 Å². The zero-order valence-corrected chi connectivity index (χ0v) is 13.3. The van der Waals surface area contributed by atoms with Crippen LogP contribution in [0.1, 0.15) is 30.9 Å². The van der Waals surface area contributed by atoms with Crippen LogP contribution in [0.25, 0.3) is 0 Å². The van der Waals surface area contributed by atoms with Crippen LogP contribution in [0.3, 0.4) is 0 Å². The van der Waals surface area contributed by atoms with Gasteiger partial charge in [-0.25, -0.2) is 0 Å². The number of halogens is 1. The lowest BCUT2D eigenvalue weighted by molar-refractivity contribution is 0.0188. The van der Waals surface area contributed by atoms with E-state index in [4.69, 9.17) is 21.1 Å². The van der Waals surface area contributed by atoms with Gasteiger partial charge in [0, 0.05) is 11.6 Å². The smallest absolute Gasteiger partial charge is 0.120 e. The Hall–Kier alpha value is -0.770. The topological polar surface area (TPSA) is 30.5 Å². The Kier molecular flexibility index (Phi) is 5.70. The second-order valence-corrected chi connectivity index (χ2v) is 5.83. The fourth-order valence-electron chi connectivity index (χ4n) is 2.54. The largest absolute Gasteiger partial charge is 0.491 e. The van der Waals surface area contributed by atoms with Crippen molar-refractivity contribution in [2.45, 2.75) is 45.8 Å². The van der Waals surface area contributed by atoms with E-state index in [2.05, 4.69) is 12.2 Å². The van der Waals surface area contributed by atoms with Gasteiger partial charge in [0.15, 0.2) is 0 Å². The number of benzene rings is 1. The van der Waals surface area contributed by atoms with Gasteiger partial charge in [-0.05, 0) is 56.5 Å². The van der Waals surface area contributed by atoms with E-state index in [9.17, 15) is 0 Å². The molecule has 0 aromatic heterocycles. The first-order chi connectivity index (χ1) is 9.60. The molecule has 20 heavy (non-hydrogen) atoms. The standard InChI is InChI=1S/C16H24ClNO2/c1-4-18-9-13-5-6-14(20-13)10-19-15-7-11(2)16(17)12(3)8-15/h7-8,13-14,18H,4-6,9-10H2,1-3H3. The summed E-state index contributed by atoms with van der Waals surface area (Å²) in [4.78, 5) is 0. The molecule has 1 aliphatic heterocycles. The summed E-state index contributed by atoms with van der Waals surface area (Å²) in [6.07, 6.45) is 2.72. The SMILES string of the molecule is CCNCC1CCC(COc2cc(C)c(Cl)c(C)c2)O1. The zero-order chi connectivity index (χ0) is 14.5. The Morgan fingerprint density at radius 3 is 2.55 bits per heavy atom. The second kappa shape index (κ2) is 7.30. The number of ether oxygens (including phenoxy) is 2. The van der Waals surface area contributed by atoms with Crippen molar-refractivity contribution in [3.63, 3.8) is 0 Å². The van der Waals surface area contributed by atoms with Crippen LogP contribution < -0.4 is 10.1 Å². The maximum Gasteiger partial charge on any atom is 0.120 e. The summed E-state index contributed by atoms with van der Waals surface area (Å²) >= 11 is 6.16. The quantitative estimate of drug-likeness (QED) is 0.872.